The van der Waals surface area contributed by atoms with E-state index in [-0.39, 0.29) is 11.8 Å². The smallest absolute Gasteiger partial charge is 0.223 e. The summed E-state index contributed by atoms with van der Waals surface area (Å²) in [4.78, 5) is 23.9. The van der Waals surface area contributed by atoms with Crippen LogP contribution in [0.5, 0.6) is 0 Å². The summed E-state index contributed by atoms with van der Waals surface area (Å²) in [6.07, 6.45) is 3.69. The number of aliphatic carboxylic acids is 1. The summed E-state index contributed by atoms with van der Waals surface area (Å²) in [5.74, 6) is -2.17. The van der Waals surface area contributed by atoms with Gasteiger partial charge in [-0.2, -0.15) is 0 Å². The molecule has 0 spiro atoms. The molecule has 1 N–H and O–H groups in total. The molecule has 2 aromatic carbocycles. The molecule has 1 saturated carbocycles. The molecule has 0 bridgehead atoms. The van der Waals surface area contributed by atoms with E-state index in [0.29, 0.717) is 19.4 Å². The molecule has 0 aliphatic heterocycles. The van der Waals surface area contributed by atoms with E-state index in [0.717, 1.165) is 19.3 Å². The van der Waals surface area contributed by atoms with Crippen molar-refractivity contribution in [3.8, 4) is 0 Å². The molecule has 142 valence electrons. The number of carbonyl (C=O) groups excluding carboxylic acids is 2. The number of carboxylic acids is 1. The number of nitrogens with one attached hydrogen (secondary N) is 1. The number of hydrogen-bond donors (Lipinski definition) is 1. The van der Waals surface area contributed by atoms with Gasteiger partial charge in [-0.15, -0.1) is 0 Å². The van der Waals surface area contributed by atoms with Gasteiger partial charge in [-0.3, -0.25) is 4.79 Å². The normalized spacial score (nSPS) is 19.6. The molecule has 3 rings (SSSR count). The minimum absolute atomic E-state index is 0.149. The Labute approximate surface area is 160 Å². The van der Waals surface area contributed by atoms with Crippen molar-refractivity contribution < 1.29 is 14.7 Å². The van der Waals surface area contributed by atoms with Gasteiger partial charge in [-0.1, -0.05) is 73.5 Å². The summed E-state index contributed by atoms with van der Waals surface area (Å²) in [6, 6.07) is 20.5. The van der Waals surface area contributed by atoms with Gasteiger partial charge >= 0.3 is 0 Å². The summed E-state index contributed by atoms with van der Waals surface area (Å²) >= 11 is 0. The summed E-state index contributed by atoms with van der Waals surface area (Å²) < 4.78 is 0. The van der Waals surface area contributed by atoms with Crippen LogP contribution in [0.1, 0.15) is 49.1 Å². The Kier molecular flexibility index (Phi) is 6.64. The van der Waals surface area contributed by atoms with Crippen molar-refractivity contribution in [3.05, 3.63) is 71.8 Å². The lowest BCUT2D eigenvalue weighted by molar-refractivity contribution is -0.314. The van der Waals surface area contributed by atoms with Crippen LogP contribution in [0.15, 0.2) is 60.7 Å². The van der Waals surface area contributed by atoms with E-state index in [1.807, 2.05) is 36.4 Å². The molecule has 0 radical (unpaired) electrons. The molecule has 2 aromatic rings. The molecule has 0 saturated heterocycles. The maximum absolute atomic E-state index is 12.6. The Bertz CT molecular complexity index is 705. The minimum atomic E-state index is -1.10. The van der Waals surface area contributed by atoms with E-state index in [9.17, 15) is 14.7 Å². The van der Waals surface area contributed by atoms with Gasteiger partial charge in [0.2, 0.25) is 5.91 Å². The van der Waals surface area contributed by atoms with Gasteiger partial charge < -0.3 is 15.2 Å². The zero-order valence-corrected chi connectivity index (χ0v) is 15.5. The average molecular weight is 364 g/mol. The van der Waals surface area contributed by atoms with Crippen LogP contribution in [0.2, 0.25) is 0 Å². The number of carbonyl (C=O) groups is 2. The molecule has 4 nitrogen and oxygen atoms in total. The summed E-state index contributed by atoms with van der Waals surface area (Å²) in [7, 11) is 0. The third-order valence-corrected chi connectivity index (χ3v) is 5.54. The molecular weight excluding hydrogens is 338 g/mol. The fraction of sp³-hybridized carbons (Fsp3) is 0.391. The molecule has 0 unspecified atom stereocenters. The first-order valence-electron chi connectivity index (χ1n) is 9.75. The number of benzene rings is 2. The zero-order valence-electron chi connectivity index (χ0n) is 15.5. The van der Waals surface area contributed by atoms with Crippen molar-refractivity contribution in [2.75, 3.05) is 6.54 Å². The second kappa shape index (κ2) is 9.36. The maximum Gasteiger partial charge on any atom is 0.223 e. The second-order valence-electron chi connectivity index (χ2n) is 7.27. The Morgan fingerprint density at radius 3 is 1.93 bits per heavy atom. The first-order valence-corrected chi connectivity index (χ1v) is 9.75. The topological polar surface area (TPSA) is 69.2 Å². The van der Waals surface area contributed by atoms with Crippen molar-refractivity contribution >= 4 is 11.9 Å². The van der Waals surface area contributed by atoms with Crippen LogP contribution in [-0.2, 0) is 9.59 Å². The molecule has 0 aromatic heterocycles. The van der Waals surface area contributed by atoms with E-state index in [1.165, 1.54) is 11.1 Å². The SMILES string of the molecule is O=C(NCCC(c1ccccc1)c1ccccc1)[C@H]1CCCC[C@H]1C(=O)[O-]. The highest BCUT2D eigenvalue weighted by molar-refractivity contribution is 5.84. The van der Waals surface area contributed by atoms with Crippen molar-refractivity contribution in [1.29, 1.82) is 0 Å². The molecule has 1 aliphatic carbocycles. The molecule has 4 heteroatoms. The van der Waals surface area contributed by atoms with Gasteiger partial charge in [0, 0.05) is 30.3 Å². The molecule has 1 aliphatic rings. The number of hydrogen-bond acceptors (Lipinski definition) is 3. The van der Waals surface area contributed by atoms with Crippen molar-refractivity contribution in [2.45, 2.75) is 38.0 Å². The molecule has 1 fully saturated rings. The monoisotopic (exact) mass is 364 g/mol. The van der Waals surface area contributed by atoms with E-state index >= 15 is 0 Å². The second-order valence-corrected chi connectivity index (χ2v) is 7.27. The summed E-state index contributed by atoms with van der Waals surface area (Å²) in [6.45, 7) is 0.517. The van der Waals surface area contributed by atoms with Gasteiger partial charge in [-0.05, 0) is 30.4 Å². The van der Waals surface area contributed by atoms with Gasteiger partial charge in [0.15, 0.2) is 0 Å². The van der Waals surface area contributed by atoms with Crippen molar-refractivity contribution in [1.82, 2.24) is 5.32 Å². The standard InChI is InChI=1S/C23H27NO3/c25-22(20-13-7-8-14-21(20)23(26)27)24-16-15-19(17-9-3-1-4-10-17)18-11-5-2-6-12-18/h1-6,9-12,19-21H,7-8,13-16H2,(H,24,25)(H,26,27)/p-1/t20-,21+/m0/s1. The third kappa shape index (κ3) is 4.97. The van der Waals surface area contributed by atoms with Gasteiger partial charge in [0.25, 0.3) is 0 Å². The fourth-order valence-electron chi connectivity index (χ4n) is 4.09. The first kappa shape index (κ1) is 19.2. The summed E-state index contributed by atoms with van der Waals surface area (Å²) in [5, 5.41) is 14.3. The van der Waals surface area contributed by atoms with Crippen LogP contribution in [0.4, 0.5) is 0 Å². The predicted octanol–water partition coefficient (Wildman–Crippen LogP) is 2.88. The molecular formula is C23H26NO3-. The highest BCUT2D eigenvalue weighted by atomic mass is 16.4. The van der Waals surface area contributed by atoms with Crippen LogP contribution in [0, 0.1) is 11.8 Å². The van der Waals surface area contributed by atoms with E-state index in [1.54, 1.807) is 0 Å². The molecule has 0 heterocycles. The number of rotatable bonds is 7. The number of carboxylic acid groups (broad SMARTS) is 1. The Balaban J connectivity index is 1.64. The van der Waals surface area contributed by atoms with Gasteiger partial charge in [0.1, 0.15) is 0 Å². The minimum Gasteiger partial charge on any atom is -0.550 e. The van der Waals surface area contributed by atoms with E-state index in [4.69, 9.17) is 0 Å². The van der Waals surface area contributed by atoms with Gasteiger partial charge in [-0.25, -0.2) is 0 Å². The molecule has 27 heavy (non-hydrogen) atoms. The highest BCUT2D eigenvalue weighted by Crippen LogP contribution is 2.30. The Hall–Kier alpha value is -2.62. The average Bonchev–Trinajstić information content (AvgIpc) is 2.72. The fourth-order valence-corrected chi connectivity index (χ4v) is 4.09. The van der Waals surface area contributed by atoms with Crippen LogP contribution in [0.25, 0.3) is 0 Å². The van der Waals surface area contributed by atoms with Gasteiger partial charge in [0.05, 0.1) is 0 Å². The van der Waals surface area contributed by atoms with E-state index in [2.05, 4.69) is 29.6 Å². The molecule has 1 amide bonds. The maximum atomic E-state index is 12.6. The third-order valence-electron chi connectivity index (χ3n) is 5.54. The first-order chi connectivity index (χ1) is 13.2. The van der Waals surface area contributed by atoms with Crippen LogP contribution < -0.4 is 10.4 Å². The van der Waals surface area contributed by atoms with Crippen LogP contribution in [-0.4, -0.2) is 18.4 Å². The summed E-state index contributed by atoms with van der Waals surface area (Å²) in [5.41, 5.74) is 2.42. The largest absolute Gasteiger partial charge is 0.550 e. The lowest BCUT2D eigenvalue weighted by atomic mass is 9.78. The van der Waals surface area contributed by atoms with Crippen LogP contribution in [0.3, 0.4) is 0 Å². The number of amides is 1. The van der Waals surface area contributed by atoms with Crippen molar-refractivity contribution in [3.63, 3.8) is 0 Å². The Morgan fingerprint density at radius 2 is 1.41 bits per heavy atom. The van der Waals surface area contributed by atoms with E-state index < -0.39 is 17.8 Å². The predicted molar refractivity (Wildman–Crippen MR) is 103 cm³/mol. The van der Waals surface area contributed by atoms with Crippen LogP contribution >= 0.6 is 0 Å². The van der Waals surface area contributed by atoms with Crippen molar-refractivity contribution in [2.24, 2.45) is 11.8 Å². The highest BCUT2D eigenvalue weighted by Gasteiger charge is 2.31. The lowest BCUT2D eigenvalue weighted by Crippen LogP contribution is -2.44. The zero-order chi connectivity index (χ0) is 19.1. The lowest BCUT2D eigenvalue weighted by Gasteiger charge is -2.31. The quantitative estimate of drug-likeness (QED) is 0.821. The molecule has 2 atom stereocenters. The Morgan fingerprint density at radius 1 is 0.889 bits per heavy atom.